The maximum atomic E-state index is 12.8. The molecule has 0 spiro atoms. The molecule has 1 aromatic rings. The zero-order chi connectivity index (χ0) is 20.4. The fraction of sp³-hybridized carbons (Fsp3) is 0.526. The van der Waals surface area contributed by atoms with E-state index in [1.807, 2.05) is 50.4 Å². The molecule has 6 N–H and O–H groups in total. The van der Waals surface area contributed by atoms with Gasteiger partial charge in [-0.2, -0.15) is 11.8 Å². The quantitative estimate of drug-likeness (QED) is 0.433. The highest BCUT2D eigenvalue weighted by Crippen LogP contribution is 2.09. The number of nitrogens with one attached hydrogen (secondary N) is 2. The molecule has 4 atom stereocenters. The topological polar surface area (TPSA) is 127 Å². The highest BCUT2D eigenvalue weighted by atomic mass is 32.2. The van der Waals surface area contributed by atoms with Gasteiger partial charge in [0.1, 0.15) is 12.1 Å². The Labute approximate surface area is 165 Å². The van der Waals surface area contributed by atoms with Crippen molar-refractivity contribution in [3.63, 3.8) is 0 Å². The van der Waals surface area contributed by atoms with Crippen LogP contribution in [0.4, 0.5) is 0 Å². The Hall–Kier alpha value is -2.06. The monoisotopic (exact) mass is 394 g/mol. The van der Waals surface area contributed by atoms with Crippen LogP contribution in [-0.2, 0) is 20.8 Å². The van der Waals surface area contributed by atoms with E-state index in [1.54, 1.807) is 0 Å². The molecule has 150 valence electrons. The fourth-order valence-electron chi connectivity index (χ4n) is 2.58. The average molecular weight is 395 g/mol. The van der Waals surface area contributed by atoms with Crippen LogP contribution in [0.3, 0.4) is 0 Å². The summed E-state index contributed by atoms with van der Waals surface area (Å²) in [4.78, 5) is 36.9. The standard InChI is InChI=1S/C19H30N4O3S/c1-4-12(2)16(17(21)24)23-19(26)15(10-13-8-6-5-7-9-13)22-18(25)14(20)11-27-3/h5-9,12,14-16H,4,10-11,20H2,1-3H3,(H2,21,24)(H,22,25)(H,23,26)/t12-,14-,15-,16+/m1/s1. The number of rotatable bonds is 11. The van der Waals surface area contributed by atoms with Gasteiger partial charge in [0.15, 0.2) is 0 Å². The molecule has 0 aromatic heterocycles. The van der Waals surface area contributed by atoms with Crippen LogP contribution in [0.1, 0.15) is 25.8 Å². The van der Waals surface area contributed by atoms with Gasteiger partial charge in [0, 0.05) is 12.2 Å². The number of hydrogen-bond donors (Lipinski definition) is 4. The van der Waals surface area contributed by atoms with Crippen molar-refractivity contribution in [2.24, 2.45) is 17.4 Å². The largest absolute Gasteiger partial charge is 0.368 e. The summed E-state index contributed by atoms with van der Waals surface area (Å²) in [5.74, 6) is -1.12. The van der Waals surface area contributed by atoms with Crippen LogP contribution < -0.4 is 22.1 Å². The van der Waals surface area contributed by atoms with Gasteiger partial charge in [-0.3, -0.25) is 14.4 Å². The molecule has 0 radical (unpaired) electrons. The summed E-state index contributed by atoms with van der Waals surface area (Å²) in [6, 6.07) is 6.97. The average Bonchev–Trinajstić information content (AvgIpc) is 2.65. The van der Waals surface area contributed by atoms with Gasteiger partial charge in [-0.25, -0.2) is 0 Å². The predicted octanol–water partition coefficient (Wildman–Crippen LogP) is 0.420. The van der Waals surface area contributed by atoms with E-state index in [0.717, 1.165) is 5.56 Å². The lowest BCUT2D eigenvalue weighted by atomic mass is 9.97. The molecule has 0 bridgehead atoms. The molecular weight excluding hydrogens is 364 g/mol. The first-order valence-corrected chi connectivity index (χ1v) is 10.4. The van der Waals surface area contributed by atoms with Gasteiger partial charge in [0.05, 0.1) is 6.04 Å². The van der Waals surface area contributed by atoms with Crippen LogP contribution in [0.25, 0.3) is 0 Å². The third kappa shape index (κ3) is 7.60. The molecule has 1 rings (SSSR count). The Morgan fingerprint density at radius 3 is 2.26 bits per heavy atom. The number of benzene rings is 1. The molecule has 0 unspecified atom stereocenters. The lowest BCUT2D eigenvalue weighted by molar-refractivity contribution is -0.132. The number of carbonyl (C=O) groups is 3. The lowest BCUT2D eigenvalue weighted by Gasteiger charge is -2.25. The minimum Gasteiger partial charge on any atom is -0.368 e. The second-order valence-electron chi connectivity index (χ2n) is 6.59. The van der Waals surface area contributed by atoms with E-state index >= 15 is 0 Å². The van der Waals surface area contributed by atoms with Crippen molar-refractivity contribution in [1.29, 1.82) is 0 Å². The molecule has 0 aliphatic carbocycles. The van der Waals surface area contributed by atoms with Gasteiger partial charge >= 0.3 is 0 Å². The molecule has 0 saturated heterocycles. The first-order chi connectivity index (χ1) is 12.8. The van der Waals surface area contributed by atoms with Crippen molar-refractivity contribution in [2.75, 3.05) is 12.0 Å². The van der Waals surface area contributed by atoms with Crippen LogP contribution >= 0.6 is 11.8 Å². The summed E-state index contributed by atoms with van der Waals surface area (Å²) in [5, 5.41) is 5.40. The van der Waals surface area contributed by atoms with Crippen LogP contribution in [0.2, 0.25) is 0 Å². The zero-order valence-corrected chi connectivity index (χ0v) is 16.9. The molecule has 0 aliphatic heterocycles. The van der Waals surface area contributed by atoms with E-state index < -0.39 is 35.8 Å². The van der Waals surface area contributed by atoms with E-state index in [-0.39, 0.29) is 12.3 Å². The van der Waals surface area contributed by atoms with Crippen LogP contribution in [0.5, 0.6) is 0 Å². The maximum absolute atomic E-state index is 12.8. The van der Waals surface area contributed by atoms with Crippen molar-refractivity contribution in [3.8, 4) is 0 Å². The third-order valence-corrected chi connectivity index (χ3v) is 5.11. The number of carbonyl (C=O) groups excluding carboxylic acids is 3. The van der Waals surface area contributed by atoms with E-state index in [9.17, 15) is 14.4 Å². The number of amides is 3. The van der Waals surface area contributed by atoms with Gasteiger partial charge in [0.25, 0.3) is 0 Å². The van der Waals surface area contributed by atoms with Crippen LogP contribution in [0.15, 0.2) is 30.3 Å². The number of primary amides is 1. The Morgan fingerprint density at radius 2 is 1.74 bits per heavy atom. The Kier molecular flexibility index (Phi) is 9.88. The summed E-state index contributed by atoms with van der Waals surface area (Å²) < 4.78 is 0. The van der Waals surface area contributed by atoms with Crippen molar-refractivity contribution in [1.82, 2.24) is 10.6 Å². The first-order valence-electron chi connectivity index (χ1n) is 8.98. The van der Waals surface area contributed by atoms with E-state index in [1.165, 1.54) is 11.8 Å². The lowest BCUT2D eigenvalue weighted by Crippen LogP contribution is -2.57. The van der Waals surface area contributed by atoms with Gasteiger partial charge < -0.3 is 22.1 Å². The van der Waals surface area contributed by atoms with E-state index in [2.05, 4.69) is 10.6 Å². The molecule has 27 heavy (non-hydrogen) atoms. The number of nitrogens with two attached hydrogens (primary N) is 2. The zero-order valence-electron chi connectivity index (χ0n) is 16.1. The second-order valence-corrected chi connectivity index (χ2v) is 7.50. The van der Waals surface area contributed by atoms with Crippen LogP contribution in [0, 0.1) is 5.92 Å². The molecule has 8 heteroatoms. The van der Waals surface area contributed by atoms with Crippen LogP contribution in [-0.4, -0.2) is 47.9 Å². The number of hydrogen-bond acceptors (Lipinski definition) is 5. The van der Waals surface area contributed by atoms with Gasteiger partial charge in [0.2, 0.25) is 17.7 Å². The maximum Gasteiger partial charge on any atom is 0.243 e. The Morgan fingerprint density at radius 1 is 1.11 bits per heavy atom. The molecule has 7 nitrogen and oxygen atoms in total. The van der Waals surface area contributed by atoms with Gasteiger partial charge in [-0.05, 0) is 17.7 Å². The summed E-state index contributed by atoms with van der Waals surface area (Å²) in [5.41, 5.74) is 12.2. The van der Waals surface area contributed by atoms with Crippen molar-refractivity contribution in [2.45, 2.75) is 44.8 Å². The molecule has 0 heterocycles. The minimum atomic E-state index is -0.848. The summed E-state index contributed by atoms with van der Waals surface area (Å²) in [7, 11) is 0. The smallest absolute Gasteiger partial charge is 0.243 e. The van der Waals surface area contributed by atoms with Crippen molar-refractivity contribution < 1.29 is 14.4 Å². The predicted molar refractivity (Wildman–Crippen MR) is 109 cm³/mol. The van der Waals surface area contributed by atoms with E-state index in [4.69, 9.17) is 11.5 Å². The SMILES string of the molecule is CC[C@@H](C)[C@H](NC(=O)[C@@H](Cc1ccccc1)NC(=O)[C@H](N)CSC)C(N)=O. The number of thioether (sulfide) groups is 1. The first kappa shape index (κ1) is 23.0. The molecule has 0 fully saturated rings. The fourth-order valence-corrected chi connectivity index (χ4v) is 3.09. The molecular formula is C19H30N4O3S. The Bertz CT molecular complexity index is 627. The summed E-state index contributed by atoms with van der Waals surface area (Å²) >= 11 is 1.45. The molecule has 0 saturated carbocycles. The Balaban J connectivity index is 2.95. The van der Waals surface area contributed by atoms with E-state index in [0.29, 0.717) is 12.2 Å². The summed E-state index contributed by atoms with van der Waals surface area (Å²) in [6.45, 7) is 3.76. The van der Waals surface area contributed by atoms with Gasteiger partial charge in [-0.1, -0.05) is 50.6 Å². The normalized spacial score (nSPS) is 15.3. The molecule has 1 aromatic carbocycles. The minimum absolute atomic E-state index is 0.113. The van der Waals surface area contributed by atoms with Crippen molar-refractivity contribution >= 4 is 29.5 Å². The highest BCUT2D eigenvalue weighted by Gasteiger charge is 2.29. The third-order valence-electron chi connectivity index (χ3n) is 4.42. The summed E-state index contributed by atoms with van der Waals surface area (Å²) in [6.07, 6.45) is 2.82. The molecule has 3 amide bonds. The second kappa shape index (κ2) is 11.6. The highest BCUT2D eigenvalue weighted by molar-refractivity contribution is 7.98. The van der Waals surface area contributed by atoms with Crippen molar-refractivity contribution in [3.05, 3.63) is 35.9 Å². The van der Waals surface area contributed by atoms with Gasteiger partial charge in [-0.15, -0.1) is 0 Å². The molecule has 0 aliphatic rings.